The highest BCUT2D eigenvalue weighted by atomic mass is 31.1. The molecule has 0 saturated carbocycles. The van der Waals surface area contributed by atoms with E-state index < -0.39 is 0 Å². The molecule has 1 aliphatic heterocycles. The number of imide groups is 1. The van der Waals surface area contributed by atoms with Crippen LogP contribution in [0.5, 0.6) is 0 Å². The van der Waals surface area contributed by atoms with Crippen LogP contribution in [0.2, 0.25) is 0 Å². The average molecular weight is 253 g/mol. The molecule has 0 spiro atoms. The number of carbonyl (C=O) groups is 3. The third kappa shape index (κ3) is 4.61. The van der Waals surface area contributed by atoms with Crippen molar-refractivity contribution in [3.8, 4) is 0 Å². The summed E-state index contributed by atoms with van der Waals surface area (Å²) in [5.41, 5.74) is 0.225. The molecule has 0 aliphatic carbocycles. The molecule has 0 saturated heterocycles. The van der Waals surface area contributed by atoms with Gasteiger partial charge in [0.25, 0.3) is 11.8 Å². The zero-order valence-corrected chi connectivity index (χ0v) is 10.8. The van der Waals surface area contributed by atoms with Crippen molar-refractivity contribution in [1.82, 2.24) is 4.90 Å². The van der Waals surface area contributed by atoms with Gasteiger partial charge >= 0.3 is 0 Å². The first-order valence-electron chi connectivity index (χ1n) is 5.70. The summed E-state index contributed by atoms with van der Waals surface area (Å²) < 4.78 is 0. The zero-order valence-electron chi connectivity index (χ0n) is 9.89. The molecule has 0 aromatic heterocycles. The number of unbranched alkanes of at least 4 members (excludes halogenated alkanes) is 2. The molecule has 0 unspecified atom stereocenters. The van der Waals surface area contributed by atoms with Crippen LogP contribution in [0.3, 0.4) is 0 Å². The molecule has 0 radical (unpaired) electrons. The largest absolute Gasteiger partial charge is 0.290 e. The number of nitrogens with zero attached hydrogens (tertiary/aromatic N) is 1. The van der Waals surface area contributed by atoms with Crippen LogP contribution in [0.15, 0.2) is 12.2 Å². The maximum atomic E-state index is 11.2. The Hall–Kier alpha value is -1.28. The van der Waals surface area contributed by atoms with Gasteiger partial charge in [0.1, 0.15) is 0 Å². The van der Waals surface area contributed by atoms with Crippen molar-refractivity contribution in [3.05, 3.63) is 12.2 Å². The Labute approximate surface area is 102 Å². The van der Waals surface area contributed by atoms with E-state index in [-0.39, 0.29) is 17.3 Å². The molecule has 92 valence electrons. The fraction of sp³-hybridized carbons (Fsp3) is 0.500. The predicted molar refractivity (Wildman–Crippen MR) is 68.0 cm³/mol. The highest BCUT2D eigenvalue weighted by molar-refractivity contribution is 7.57. The highest BCUT2D eigenvalue weighted by Gasteiger charge is 2.22. The minimum Gasteiger partial charge on any atom is -0.290 e. The molecule has 0 aromatic rings. The number of hydrogen-bond donors (Lipinski definition) is 0. The van der Waals surface area contributed by atoms with Gasteiger partial charge in [-0.15, -0.1) is 0 Å². The van der Waals surface area contributed by atoms with Gasteiger partial charge in [0, 0.05) is 25.1 Å². The molecule has 1 heterocycles. The maximum Gasteiger partial charge on any atom is 0.253 e. The predicted octanol–water partition coefficient (Wildman–Crippen LogP) is 1.77. The van der Waals surface area contributed by atoms with Crippen LogP contribution in [-0.2, 0) is 14.4 Å². The molecule has 0 N–H and O–H groups in total. The molecule has 2 amide bonds. The molecule has 5 heteroatoms. The lowest BCUT2D eigenvalue weighted by molar-refractivity contribution is -0.136. The number of rotatable bonds is 7. The minimum atomic E-state index is -0.231. The second-order valence-electron chi connectivity index (χ2n) is 3.75. The van der Waals surface area contributed by atoms with Crippen LogP contribution in [0, 0.1) is 0 Å². The van der Waals surface area contributed by atoms with E-state index in [0.717, 1.165) is 27.5 Å². The summed E-state index contributed by atoms with van der Waals surface area (Å²) in [6.45, 7) is 2.31. The normalized spacial score (nSPS) is 15.2. The summed E-state index contributed by atoms with van der Waals surface area (Å²) in [5, 5.41) is 0. The lowest BCUT2D eigenvalue weighted by atomic mass is 10.2. The highest BCUT2D eigenvalue weighted by Crippen LogP contribution is 2.10. The third-order valence-electron chi connectivity index (χ3n) is 2.45. The van der Waals surface area contributed by atoms with Crippen LogP contribution in [0.1, 0.15) is 32.6 Å². The lowest BCUT2D eigenvalue weighted by Crippen LogP contribution is -2.30. The fourth-order valence-corrected chi connectivity index (χ4v) is 2.16. The molecule has 17 heavy (non-hydrogen) atoms. The van der Waals surface area contributed by atoms with Crippen molar-refractivity contribution in [1.29, 1.82) is 0 Å². The van der Waals surface area contributed by atoms with Crippen LogP contribution < -0.4 is 0 Å². The van der Waals surface area contributed by atoms with E-state index in [0.29, 0.717) is 13.0 Å². The molecule has 0 aromatic carbocycles. The first kappa shape index (κ1) is 13.8. The van der Waals surface area contributed by atoms with Gasteiger partial charge in [0.05, 0.1) is 0 Å². The molecule has 0 fully saturated rings. The number of amides is 2. The van der Waals surface area contributed by atoms with Crippen molar-refractivity contribution in [2.45, 2.75) is 32.6 Å². The van der Waals surface area contributed by atoms with Gasteiger partial charge in [-0.2, -0.15) is 0 Å². The molecule has 0 atom stereocenters. The van der Waals surface area contributed by atoms with Crippen molar-refractivity contribution >= 4 is 31.3 Å². The maximum absolute atomic E-state index is 11.2. The van der Waals surface area contributed by atoms with E-state index in [1.165, 1.54) is 17.1 Å². The van der Waals surface area contributed by atoms with Crippen molar-refractivity contribution in [3.63, 3.8) is 0 Å². The first-order valence-corrected chi connectivity index (χ1v) is 6.66. The molecule has 1 aliphatic rings. The van der Waals surface area contributed by atoms with E-state index in [1.54, 1.807) is 0 Å². The monoisotopic (exact) mass is 253 g/mol. The van der Waals surface area contributed by atoms with Gasteiger partial charge in [0.2, 0.25) is 0 Å². The van der Waals surface area contributed by atoms with Gasteiger partial charge in [0.15, 0.2) is 5.52 Å². The Morgan fingerprint density at radius 2 is 1.88 bits per heavy atom. The number of carbonyl (C=O) groups excluding carboxylic acids is 3. The Morgan fingerprint density at radius 3 is 2.47 bits per heavy atom. The minimum absolute atomic E-state index is 0.225. The Bertz CT molecular complexity index is 356. The van der Waals surface area contributed by atoms with E-state index in [2.05, 4.69) is 0 Å². The summed E-state index contributed by atoms with van der Waals surface area (Å²) in [5.74, 6) is 1.37. The molecule has 4 nitrogen and oxygen atoms in total. The lowest BCUT2D eigenvalue weighted by Gasteiger charge is -2.12. The van der Waals surface area contributed by atoms with Crippen molar-refractivity contribution in [2.75, 3.05) is 6.54 Å². The van der Waals surface area contributed by atoms with Gasteiger partial charge in [-0.1, -0.05) is 12.2 Å². The zero-order chi connectivity index (χ0) is 12.7. The summed E-state index contributed by atoms with van der Waals surface area (Å²) in [6.07, 6.45) is 5.61. The van der Waals surface area contributed by atoms with Gasteiger partial charge < -0.3 is 0 Å². The smallest absolute Gasteiger partial charge is 0.253 e. The number of hydrogen-bond acceptors (Lipinski definition) is 3. The third-order valence-corrected chi connectivity index (χ3v) is 3.22. The quantitative estimate of drug-likeness (QED) is 0.394. The van der Waals surface area contributed by atoms with Crippen molar-refractivity contribution < 1.29 is 14.4 Å². The Balaban J connectivity index is 2.11. The Morgan fingerprint density at radius 1 is 1.24 bits per heavy atom. The van der Waals surface area contributed by atoms with Gasteiger partial charge in [-0.05, 0) is 28.0 Å². The summed E-state index contributed by atoms with van der Waals surface area (Å²) in [4.78, 5) is 34.8. The second-order valence-corrected chi connectivity index (χ2v) is 5.03. The molecule has 0 bridgehead atoms. The standard InChI is InChI=1S/C12H16NO3P/c1-2-17-12(16)6-4-3-5-9-13-10(14)7-8-11(13)15/h2,7-8H,3-6,9H2,1H3. The van der Waals surface area contributed by atoms with Crippen molar-refractivity contribution in [2.24, 2.45) is 0 Å². The van der Waals surface area contributed by atoms with Crippen LogP contribution in [0.25, 0.3) is 0 Å². The van der Waals surface area contributed by atoms with Gasteiger partial charge in [-0.3, -0.25) is 19.3 Å². The molecule has 1 rings (SSSR count). The van der Waals surface area contributed by atoms with Crippen LogP contribution in [0.4, 0.5) is 0 Å². The van der Waals surface area contributed by atoms with Crippen LogP contribution >= 0.6 is 8.20 Å². The van der Waals surface area contributed by atoms with Gasteiger partial charge in [-0.25, -0.2) is 0 Å². The molecular formula is C12H16NO3P. The Kier molecular flexibility index (Phi) is 5.78. The van der Waals surface area contributed by atoms with E-state index in [9.17, 15) is 14.4 Å². The summed E-state index contributed by atoms with van der Waals surface area (Å²) in [6, 6.07) is 0. The average Bonchev–Trinajstić information content (AvgIpc) is 2.60. The molecular weight excluding hydrogens is 237 g/mol. The SMILES string of the molecule is CC=PC(=O)CCCCCN1C(=O)C=CC1=O. The van der Waals surface area contributed by atoms with E-state index >= 15 is 0 Å². The fourth-order valence-electron chi connectivity index (χ4n) is 1.58. The van der Waals surface area contributed by atoms with E-state index in [1.807, 2.05) is 12.7 Å². The van der Waals surface area contributed by atoms with Crippen LogP contribution in [-0.4, -0.2) is 34.6 Å². The summed E-state index contributed by atoms with van der Waals surface area (Å²) >= 11 is 0. The topological polar surface area (TPSA) is 54.5 Å². The summed E-state index contributed by atoms with van der Waals surface area (Å²) in [7, 11) is 0.764. The van der Waals surface area contributed by atoms with E-state index in [4.69, 9.17) is 0 Å². The first-order chi connectivity index (χ1) is 8.15. The second kappa shape index (κ2) is 7.13.